The molecule has 0 bridgehead atoms. The summed E-state index contributed by atoms with van der Waals surface area (Å²) in [5, 5.41) is 2.89. The van der Waals surface area contributed by atoms with Crippen molar-refractivity contribution in [2.24, 2.45) is 5.92 Å². The fourth-order valence-corrected chi connectivity index (χ4v) is 2.72. The van der Waals surface area contributed by atoms with E-state index in [-0.39, 0.29) is 24.3 Å². The number of carbonyl (C=O) groups is 2. The monoisotopic (exact) mass is 287 g/mol. The highest BCUT2D eigenvalue weighted by Crippen LogP contribution is 2.34. The van der Waals surface area contributed by atoms with E-state index in [2.05, 4.69) is 10.1 Å². The van der Waals surface area contributed by atoms with Crippen LogP contribution < -0.4 is 5.32 Å². The Balaban J connectivity index is 1.96. The highest BCUT2D eigenvalue weighted by atomic mass is 35.5. The first-order valence-corrected chi connectivity index (χ1v) is 6.92. The van der Waals surface area contributed by atoms with Crippen molar-refractivity contribution in [1.82, 2.24) is 5.32 Å². The van der Waals surface area contributed by atoms with Gasteiger partial charge in [0.2, 0.25) is 0 Å². The maximum Gasteiger partial charge on any atom is 0.307 e. The lowest BCUT2D eigenvalue weighted by Gasteiger charge is -2.16. The van der Waals surface area contributed by atoms with E-state index in [0.29, 0.717) is 15.1 Å². The van der Waals surface area contributed by atoms with Crippen molar-refractivity contribution >= 4 is 34.8 Å². The quantitative estimate of drug-likeness (QED) is 0.847. The zero-order valence-electron chi connectivity index (χ0n) is 9.94. The molecule has 2 rings (SSSR count). The summed E-state index contributed by atoms with van der Waals surface area (Å²) in [6.45, 7) is 0. The van der Waals surface area contributed by atoms with Crippen molar-refractivity contribution in [1.29, 1.82) is 0 Å². The Morgan fingerprint density at radius 2 is 2.28 bits per heavy atom. The van der Waals surface area contributed by atoms with E-state index in [1.165, 1.54) is 18.4 Å². The molecule has 1 atom stereocenters. The van der Waals surface area contributed by atoms with Gasteiger partial charge in [0.25, 0.3) is 5.91 Å². The third-order valence-corrected chi connectivity index (χ3v) is 4.15. The lowest BCUT2D eigenvalue weighted by Crippen LogP contribution is -2.38. The number of hydrogen-bond donors (Lipinski definition) is 1. The van der Waals surface area contributed by atoms with Crippen molar-refractivity contribution in [2.75, 3.05) is 7.11 Å². The van der Waals surface area contributed by atoms with Gasteiger partial charge in [-0.3, -0.25) is 9.59 Å². The molecule has 1 amide bonds. The summed E-state index contributed by atoms with van der Waals surface area (Å²) < 4.78 is 5.22. The van der Waals surface area contributed by atoms with E-state index in [4.69, 9.17) is 11.6 Å². The van der Waals surface area contributed by atoms with Gasteiger partial charge in [0.05, 0.1) is 22.7 Å². The van der Waals surface area contributed by atoms with Gasteiger partial charge in [-0.05, 0) is 30.9 Å². The fraction of sp³-hybridized carbons (Fsp3) is 0.500. The molecule has 1 aliphatic carbocycles. The van der Waals surface area contributed by atoms with Gasteiger partial charge < -0.3 is 10.1 Å². The predicted octanol–water partition coefficient (Wildman–Crippen LogP) is 2.47. The molecule has 0 saturated heterocycles. The lowest BCUT2D eigenvalue weighted by molar-refractivity contribution is -0.141. The molecule has 1 aromatic heterocycles. The third kappa shape index (κ3) is 3.46. The minimum Gasteiger partial charge on any atom is -0.469 e. The molecule has 1 heterocycles. The fourth-order valence-electron chi connectivity index (χ4n) is 1.77. The van der Waals surface area contributed by atoms with Crippen molar-refractivity contribution in [3.05, 3.63) is 21.3 Å². The van der Waals surface area contributed by atoms with Crippen LogP contribution in [-0.4, -0.2) is 25.0 Å². The summed E-state index contributed by atoms with van der Waals surface area (Å²) in [7, 11) is 1.35. The summed E-state index contributed by atoms with van der Waals surface area (Å²) in [5.74, 6) is -0.0763. The number of hydrogen-bond acceptors (Lipinski definition) is 4. The molecule has 0 unspecified atom stereocenters. The van der Waals surface area contributed by atoms with Gasteiger partial charge in [-0.2, -0.15) is 0 Å². The van der Waals surface area contributed by atoms with Crippen LogP contribution in [0.5, 0.6) is 0 Å². The first-order chi connectivity index (χ1) is 8.60. The highest BCUT2D eigenvalue weighted by molar-refractivity contribution is 7.17. The number of thiophene rings is 1. The van der Waals surface area contributed by atoms with Gasteiger partial charge in [0, 0.05) is 6.04 Å². The molecule has 6 heteroatoms. The van der Waals surface area contributed by atoms with E-state index in [9.17, 15) is 9.59 Å². The zero-order chi connectivity index (χ0) is 13.1. The Kier molecular flexibility index (Phi) is 4.24. The Bertz CT molecular complexity index is 456. The predicted molar refractivity (Wildman–Crippen MR) is 69.9 cm³/mol. The minimum absolute atomic E-state index is 0.133. The molecule has 18 heavy (non-hydrogen) atoms. The first kappa shape index (κ1) is 13.4. The topological polar surface area (TPSA) is 55.4 Å². The van der Waals surface area contributed by atoms with Crippen LogP contribution in [0.4, 0.5) is 0 Å². The minimum atomic E-state index is -0.295. The molecule has 1 aromatic rings. The standard InChI is InChI=1S/C12H14ClNO3S/c1-17-11(15)6-8(7-2-3-7)14-12(16)9-4-5-10(13)18-9/h4-5,7-8H,2-3,6H2,1H3,(H,14,16)/t8-/m0/s1. The highest BCUT2D eigenvalue weighted by Gasteiger charge is 2.34. The maximum absolute atomic E-state index is 12.0. The third-order valence-electron chi connectivity index (χ3n) is 2.92. The molecular weight excluding hydrogens is 274 g/mol. The normalized spacial score (nSPS) is 16.1. The van der Waals surface area contributed by atoms with E-state index >= 15 is 0 Å². The summed E-state index contributed by atoms with van der Waals surface area (Å²) in [5.41, 5.74) is 0. The molecule has 1 aliphatic rings. The molecule has 1 saturated carbocycles. The van der Waals surface area contributed by atoms with Crippen LogP contribution >= 0.6 is 22.9 Å². The SMILES string of the molecule is COC(=O)C[C@H](NC(=O)c1ccc(Cl)s1)C1CC1. The number of halogens is 1. The second-order valence-corrected chi connectivity index (χ2v) is 6.02. The Hall–Kier alpha value is -1.07. The van der Waals surface area contributed by atoms with Crippen LogP contribution in [0.3, 0.4) is 0 Å². The second-order valence-electron chi connectivity index (χ2n) is 4.30. The lowest BCUT2D eigenvalue weighted by atomic mass is 10.1. The number of nitrogens with one attached hydrogen (secondary N) is 1. The Labute approximate surface area is 114 Å². The van der Waals surface area contributed by atoms with E-state index < -0.39 is 0 Å². The number of amides is 1. The van der Waals surface area contributed by atoms with Crippen molar-refractivity contribution in [2.45, 2.75) is 25.3 Å². The van der Waals surface area contributed by atoms with Crippen molar-refractivity contribution in [3.63, 3.8) is 0 Å². The zero-order valence-corrected chi connectivity index (χ0v) is 11.5. The summed E-state index contributed by atoms with van der Waals surface area (Å²) >= 11 is 7.02. The van der Waals surface area contributed by atoms with Crippen LogP contribution in [0, 0.1) is 5.92 Å². The number of esters is 1. The average molecular weight is 288 g/mol. The number of rotatable bonds is 5. The van der Waals surface area contributed by atoms with Crippen LogP contribution in [0.25, 0.3) is 0 Å². The first-order valence-electron chi connectivity index (χ1n) is 5.73. The maximum atomic E-state index is 12.0. The number of ether oxygens (including phenoxy) is 1. The summed E-state index contributed by atoms with van der Waals surface area (Å²) in [6, 6.07) is 3.24. The molecule has 0 aromatic carbocycles. The Morgan fingerprint density at radius 1 is 1.56 bits per heavy atom. The molecule has 4 nitrogen and oxygen atoms in total. The second kappa shape index (κ2) is 5.71. The molecule has 0 spiro atoms. The van der Waals surface area contributed by atoms with Crippen LogP contribution in [0.2, 0.25) is 4.34 Å². The molecule has 0 radical (unpaired) electrons. The molecule has 98 valence electrons. The number of carbonyl (C=O) groups excluding carboxylic acids is 2. The summed E-state index contributed by atoms with van der Waals surface area (Å²) in [6.07, 6.45) is 2.33. The summed E-state index contributed by atoms with van der Waals surface area (Å²) in [4.78, 5) is 23.8. The Morgan fingerprint density at radius 3 is 2.78 bits per heavy atom. The number of methoxy groups -OCH3 is 1. The van der Waals surface area contributed by atoms with Gasteiger partial charge in [-0.1, -0.05) is 11.6 Å². The van der Waals surface area contributed by atoms with Gasteiger partial charge in [0.15, 0.2) is 0 Å². The van der Waals surface area contributed by atoms with Crippen LogP contribution in [0.1, 0.15) is 28.9 Å². The van der Waals surface area contributed by atoms with Gasteiger partial charge in [-0.25, -0.2) is 0 Å². The van der Waals surface area contributed by atoms with Crippen LogP contribution in [0.15, 0.2) is 12.1 Å². The molecule has 0 aliphatic heterocycles. The largest absolute Gasteiger partial charge is 0.469 e. The van der Waals surface area contributed by atoms with E-state index in [1.54, 1.807) is 12.1 Å². The smallest absolute Gasteiger partial charge is 0.307 e. The van der Waals surface area contributed by atoms with Gasteiger partial charge >= 0.3 is 5.97 Å². The van der Waals surface area contributed by atoms with Gasteiger partial charge in [0.1, 0.15) is 0 Å². The molecule has 1 fully saturated rings. The van der Waals surface area contributed by atoms with Crippen molar-refractivity contribution in [3.8, 4) is 0 Å². The molecular formula is C12H14ClNO3S. The molecule has 1 N–H and O–H groups in total. The van der Waals surface area contributed by atoms with Crippen LogP contribution in [-0.2, 0) is 9.53 Å². The van der Waals surface area contributed by atoms with Gasteiger partial charge in [-0.15, -0.1) is 11.3 Å². The average Bonchev–Trinajstić information content (AvgIpc) is 3.10. The van der Waals surface area contributed by atoms with E-state index in [0.717, 1.165) is 12.8 Å². The van der Waals surface area contributed by atoms with E-state index in [1.807, 2.05) is 0 Å². The van der Waals surface area contributed by atoms with Crippen molar-refractivity contribution < 1.29 is 14.3 Å².